The SMILES string of the molecule is Clc1cc2cnn(C3CCCCO3)c2cc1CCc1cscn1. The van der Waals surface area contributed by atoms with Gasteiger partial charge < -0.3 is 4.74 Å². The third kappa shape index (κ3) is 3.13. The van der Waals surface area contributed by atoms with E-state index < -0.39 is 0 Å². The molecule has 4 rings (SSSR count). The number of aryl methyl sites for hydroxylation is 2. The largest absolute Gasteiger partial charge is 0.356 e. The second-order valence-electron chi connectivity index (χ2n) is 5.89. The molecule has 3 heterocycles. The van der Waals surface area contributed by atoms with Crippen molar-refractivity contribution >= 4 is 33.8 Å². The number of nitrogens with zero attached hydrogens (tertiary/aromatic N) is 3. The summed E-state index contributed by atoms with van der Waals surface area (Å²) in [5, 5.41) is 8.50. The van der Waals surface area contributed by atoms with E-state index in [0.29, 0.717) is 0 Å². The summed E-state index contributed by atoms with van der Waals surface area (Å²) in [5.41, 5.74) is 5.24. The highest BCUT2D eigenvalue weighted by Crippen LogP contribution is 2.30. The summed E-state index contributed by atoms with van der Waals surface area (Å²) in [5.74, 6) is 0. The number of ether oxygens (including phenoxy) is 1. The fourth-order valence-electron chi connectivity index (χ4n) is 3.07. The minimum absolute atomic E-state index is 0.0498. The molecule has 1 atom stereocenters. The third-order valence-corrected chi connectivity index (χ3v) is 5.31. The molecule has 120 valence electrons. The number of hydrogen-bond donors (Lipinski definition) is 0. The van der Waals surface area contributed by atoms with Crippen molar-refractivity contribution in [3.8, 4) is 0 Å². The molecule has 1 saturated heterocycles. The van der Waals surface area contributed by atoms with Crippen molar-refractivity contribution in [2.45, 2.75) is 38.3 Å². The molecular formula is C17H18ClN3OS. The summed E-state index contributed by atoms with van der Waals surface area (Å²) in [6.07, 6.45) is 7.07. The van der Waals surface area contributed by atoms with Crippen molar-refractivity contribution in [1.82, 2.24) is 14.8 Å². The van der Waals surface area contributed by atoms with Crippen LogP contribution in [0.15, 0.2) is 29.2 Å². The highest BCUT2D eigenvalue weighted by molar-refractivity contribution is 7.07. The molecule has 2 aromatic heterocycles. The van der Waals surface area contributed by atoms with Crippen LogP contribution in [0.25, 0.3) is 10.9 Å². The van der Waals surface area contributed by atoms with Gasteiger partial charge in [-0.1, -0.05) is 11.6 Å². The average molecular weight is 348 g/mol. The molecule has 1 fully saturated rings. The van der Waals surface area contributed by atoms with Gasteiger partial charge in [0.2, 0.25) is 0 Å². The molecule has 0 bridgehead atoms. The molecule has 0 radical (unpaired) electrons. The number of rotatable bonds is 4. The van der Waals surface area contributed by atoms with E-state index in [4.69, 9.17) is 16.3 Å². The maximum atomic E-state index is 6.45. The van der Waals surface area contributed by atoms with E-state index in [2.05, 4.69) is 21.5 Å². The minimum Gasteiger partial charge on any atom is -0.356 e. The van der Waals surface area contributed by atoms with E-state index in [1.165, 1.54) is 6.42 Å². The summed E-state index contributed by atoms with van der Waals surface area (Å²) < 4.78 is 7.89. The Balaban J connectivity index is 1.63. The van der Waals surface area contributed by atoms with Gasteiger partial charge in [0.25, 0.3) is 0 Å². The lowest BCUT2D eigenvalue weighted by Gasteiger charge is -2.23. The second-order valence-corrected chi connectivity index (χ2v) is 7.02. The Morgan fingerprint density at radius 3 is 3.04 bits per heavy atom. The van der Waals surface area contributed by atoms with Crippen molar-refractivity contribution in [2.24, 2.45) is 0 Å². The number of aromatic nitrogens is 3. The lowest BCUT2D eigenvalue weighted by atomic mass is 10.1. The molecule has 1 aliphatic rings. The van der Waals surface area contributed by atoms with Crippen molar-refractivity contribution in [2.75, 3.05) is 6.61 Å². The van der Waals surface area contributed by atoms with Gasteiger partial charge in [0, 0.05) is 22.4 Å². The molecule has 0 aliphatic carbocycles. The van der Waals surface area contributed by atoms with Gasteiger partial charge >= 0.3 is 0 Å². The predicted octanol–water partition coefficient (Wildman–Crippen LogP) is 4.63. The summed E-state index contributed by atoms with van der Waals surface area (Å²) in [4.78, 5) is 4.34. The van der Waals surface area contributed by atoms with Gasteiger partial charge in [-0.3, -0.25) is 0 Å². The number of thiazole rings is 1. The first-order chi connectivity index (χ1) is 11.3. The zero-order chi connectivity index (χ0) is 15.6. The first kappa shape index (κ1) is 15.1. The Hall–Kier alpha value is -1.43. The molecule has 0 N–H and O–H groups in total. The van der Waals surface area contributed by atoms with Crippen LogP contribution in [0, 0.1) is 0 Å². The highest BCUT2D eigenvalue weighted by atomic mass is 35.5. The Morgan fingerprint density at radius 1 is 1.30 bits per heavy atom. The molecular weight excluding hydrogens is 330 g/mol. The maximum Gasteiger partial charge on any atom is 0.150 e. The summed E-state index contributed by atoms with van der Waals surface area (Å²) in [7, 11) is 0. The topological polar surface area (TPSA) is 39.9 Å². The van der Waals surface area contributed by atoms with Crippen LogP contribution in [0.3, 0.4) is 0 Å². The van der Waals surface area contributed by atoms with Gasteiger partial charge in [0.05, 0.1) is 22.9 Å². The standard InChI is InChI=1S/C17H18ClN3OS/c18-15-7-13-9-20-21(17-3-1-2-6-22-17)16(13)8-12(15)4-5-14-10-23-11-19-14/h7-11,17H,1-6H2. The van der Waals surface area contributed by atoms with Crippen molar-refractivity contribution in [1.29, 1.82) is 0 Å². The molecule has 1 unspecified atom stereocenters. The maximum absolute atomic E-state index is 6.45. The van der Waals surface area contributed by atoms with Crippen LogP contribution in [0.5, 0.6) is 0 Å². The first-order valence-electron chi connectivity index (χ1n) is 7.95. The van der Waals surface area contributed by atoms with Gasteiger partial charge in [0.15, 0.2) is 6.23 Å². The van der Waals surface area contributed by atoms with Gasteiger partial charge in [-0.25, -0.2) is 9.67 Å². The van der Waals surface area contributed by atoms with E-state index >= 15 is 0 Å². The fraction of sp³-hybridized carbons (Fsp3) is 0.412. The molecule has 0 amide bonds. The van der Waals surface area contributed by atoms with E-state index in [-0.39, 0.29) is 6.23 Å². The molecule has 1 aliphatic heterocycles. The summed E-state index contributed by atoms with van der Waals surface area (Å²) >= 11 is 8.08. The molecule has 0 saturated carbocycles. The minimum atomic E-state index is 0.0498. The zero-order valence-electron chi connectivity index (χ0n) is 12.7. The second kappa shape index (κ2) is 6.59. The lowest BCUT2D eigenvalue weighted by Crippen LogP contribution is -2.19. The van der Waals surface area contributed by atoms with Gasteiger partial charge in [0.1, 0.15) is 0 Å². The molecule has 6 heteroatoms. The van der Waals surface area contributed by atoms with Crippen LogP contribution in [-0.2, 0) is 17.6 Å². The third-order valence-electron chi connectivity index (χ3n) is 4.33. The van der Waals surface area contributed by atoms with Crippen molar-refractivity contribution in [3.63, 3.8) is 0 Å². The predicted molar refractivity (Wildman–Crippen MR) is 93.1 cm³/mol. The lowest BCUT2D eigenvalue weighted by molar-refractivity contribution is -0.0366. The molecule has 1 aromatic carbocycles. The number of fused-ring (bicyclic) bond motifs is 1. The number of hydrogen-bond acceptors (Lipinski definition) is 4. The normalized spacial score (nSPS) is 18.6. The van der Waals surface area contributed by atoms with Crippen LogP contribution < -0.4 is 0 Å². The van der Waals surface area contributed by atoms with E-state index in [0.717, 1.165) is 59.5 Å². The van der Waals surface area contributed by atoms with Crippen molar-refractivity contribution in [3.05, 3.63) is 45.5 Å². The van der Waals surface area contributed by atoms with Crippen LogP contribution in [0.4, 0.5) is 0 Å². The van der Waals surface area contributed by atoms with Gasteiger partial charge in [-0.15, -0.1) is 11.3 Å². The Bertz CT molecular complexity index is 794. The smallest absolute Gasteiger partial charge is 0.150 e. The number of benzene rings is 1. The van der Waals surface area contributed by atoms with Crippen LogP contribution in [0.1, 0.15) is 36.7 Å². The Kier molecular flexibility index (Phi) is 4.33. The van der Waals surface area contributed by atoms with Crippen LogP contribution in [-0.4, -0.2) is 21.4 Å². The van der Waals surface area contributed by atoms with Crippen LogP contribution >= 0.6 is 22.9 Å². The zero-order valence-corrected chi connectivity index (χ0v) is 14.3. The molecule has 23 heavy (non-hydrogen) atoms. The Labute approximate surface area is 144 Å². The molecule has 3 aromatic rings. The van der Waals surface area contributed by atoms with Gasteiger partial charge in [-0.05, 0) is 49.8 Å². The van der Waals surface area contributed by atoms with E-state index in [9.17, 15) is 0 Å². The average Bonchev–Trinajstić information content (AvgIpc) is 3.22. The Morgan fingerprint density at radius 2 is 2.26 bits per heavy atom. The first-order valence-corrected chi connectivity index (χ1v) is 9.27. The molecule has 4 nitrogen and oxygen atoms in total. The summed E-state index contributed by atoms with van der Waals surface area (Å²) in [6.45, 7) is 0.816. The van der Waals surface area contributed by atoms with E-state index in [1.807, 2.05) is 22.5 Å². The van der Waals surface area contributed by atoms with E-state index in [1.54, 1.807) is 11.3 Å². The monoisotopic (exact) mass is 347 g/mol. The van der Waals surface area contributed by atoms with Gasteiger partial charge in [-0.2, -0.15) is 5.10 Å². The number of halogens is 1. The summed E-state index contributed by atoms with van der Waals surface area (Å²) in [6, 6.07) is 4.18. The molecule has 0 spiro atoms. The fourth-order valence-corrected chi connectivity index (χ4v) is 3.93. The quantitative estimate of drug-likeness (QED) is 0.690. The highest BCUT2D eigenvalue weighted by Gasteiger charge is 2.19. The van der Waals surface area contributed by atoms with Crippen molar-refractivity contribution < 1.29 is 4.74 Å². The van der Waals surface area contributed by atoms with Crippen LogP contribution in [0.2, 0.25) is 5.02 Å².